The number of carbonyl (C=O) groups is 1. The van der Waals surface area contributed by atoms with Gasteiger partial charge in [-0.25, -0.2) is 8.42 Å². The van der Waals surface area contributed by atoms with Gasteiger partial charge in [-0.2, -0.15) is 4.72 Å². The second-order valence-corrected chi connectivity index (χ2v) is 6.85. The molecule has 124 valence electrons. The van der Waals surface area contributed by atoms with Gasteiger partial charge < -0.3 is 9.84 Å². The first-order valence-electron chi connectivity index (χ1n) is 7.14. The minimum Gasteiger partial charge on any atom is -0.496 e. The molecule has 0 amide bonds. The Bertz CT molecular complexity index is 640. The fraction of sp³-hybridized carbons (Fsp3) is 0.533. The SMILES string of the molecule is CCCC[C@H](NS(=O)(=O)c1ccc(OC)c(C)c1C)C(=O)O. The lowest BCUT2D eigenvalue weighted by Crippen LogP contribution is -2.40. The smallest absolute Gasteiger partial charge is 0.321 e. The van der Waals surface area contributed by atoms with Crippen molar-refractivity contribution >= 4 is 16.0 Å². The van der Waals surface area contributed by atoms with E-state index in [1.807, 2.05) is 6.92 Å². The van der Waals surface area contributed by atoms with Gasteiger partial charge in [-0.05, 0) is 43.5 Å². The van der Waals surface area contributed by atoms with Crippen molar-refractivity contribution in [1.82, 2.24) is 4.72 Å². The summed E-state index contributed by atoms with van der Waals surface area (Å²) in [5, 5.41) is 9.17. The Morgan fingerprint density at radius 2 is 1.95 bits per heavy atom. The van der Waals surface area contributed by atoms with Crippen molar-refractivity contribution in [2.45, 2.75) is 51.0 Å². The molecule has 0 spiro atoms. The van der Waals surface area contributed by atoms with Crippen LogP contribution >= 0.6 is 0 Å². The molecule has 0 radical (unpaired) electrons. The molecule has 2 N–H and O–H groups in total. The average Bonchev–Trinajstić information content (AvgIpc) is 2.45. The van der Waals surface area contributed by atoms with Crippen LogP contribution in [0.25, 0.3) is 0 Å². The fourth-order valence-electron chi connectivity index (χ4n) is 2.18. The molecule has 0 saturated carbocycles. The second kappa shape index (κ2) is 7.60. The van der Waals surface area contributed by atoms with E-state index in [0.717, 1.165) is 6.42 Å². The molecule has 0 saturated heterocycles. The molecule has 7 heteroatoms. The van der Waals surface area contributed by atoms with Crippen LogP contribution < -0.4 is 9.46 Å². The maximum atomic E-state index is 12.5. The number of hydrogen-bond donors (Lipinski definition) is 2. The number of sulfonamides is 1. The molecule has 0 bridgehead atoms. The normalized spacial score (nSPS) is 12.9. The van der Waals surface area contributed by atoms with Crippen LogP contribution in [0.15, 0.2) is 17.0 Å². The number of nitrogens with one attached hydrogen (secondary N) is 1. The Balaban J connectivity index is 3.13. The summed E-state index contributed by atoms with van der Waals surface area (Å²) in [6, 6.07) is 1.88. The lowest BCUT2D eigenvalue weighted by molar-refractivity contribution is -0.139. The van der Waals surface area contributed by atoms with Crippen LogP contribution in [0.3, 0.4) is 0 Å². The molecule has 1 rings (SSSR count). The van der Waals surface area contributed by atoms with Gasteiger partial charge in [-0.1, -0.05) is 19.8 Å². The number of unbranched alkanes of at least 4 members (excludes halogenated alkanes) is 1. The standard InChI is InChI=1S/C15H23NO5S/c1-5-6-7-12(15(17)18)16-22(19,20)14-9-8-13(21-4)10(2)11(14)3/h8-9,12,16H,5-7H2,1-4H3,(H,17,18)/t12-/m0/s1. The maximum Gasteiger partial charge on any atom is 0.321 e. The highest BCUT2D eigenvalue weighted by Gasteiger charge is 2.26. The number of carboxylic acid groups (broad SMARTS) is 1. The third-order valence-corrected chi connectivity index (χ3v) is 5.26. The summed E-state index contributed by atoms with van der Waals surface area (Å²) in [5.41, 5.74) is 1.26. The molecule has 1 atom stereocenters. The Morgan fingerprint density at radius 3 is 2.45 bits per heavy atom. The molecule has 0 fully saturated rings. The second-order valence-electron chi connectivity index (χ2n) is 5.17. The van der Waals surface area contributed by atoms with Crippen LogP contribution in [-0.4, -0.2) is 32.6 Å². The first-order valence-corrected chi connectivity index (χ1v) is 8.62. The minimum absolute atomic E-state index is 0.0774. The van der Waals surface area contributed by atoms with Crippen LogP contribution in [0.5, 0.6) is 5.75 Å². The molecular formula is C15H23NO5S. The van der Waals surface area contributed by atoms with Crippen LogP contribution in [0.1, 0.15) is 37.3 Å². The lowest BCUT2D eigenvalue weighted by atomic mass is 10.1. The van der Waals surface area contributed by atoms with Crippen molar-refractivity contribution in [3.8, 4) is 5.75 Å². The first-order chi connectivity index (χ1) is 10.2. The third-order valence-electron chi connectivity index (χ3n) is 3.64. The molecule has 22 heavy (non-hydrogen) atoms. The van der Waals surface area contributed by atoms with Crippen molar-refractivity contribution < 1.29 is 23.1 Å². The van der Waals surface area contributed by atoms with Gasteiger partial charge in [0.1, 0.15) is 11.8 Å². The molecule has 0 aliphatic rings. The van der Waals surface area contributed by atoms with Gasteiger partial charge in [0.25, 0.3) is 0 Å². The summed E-state index contributed by atoms with van der Waals surface area (Å²) < 4.78 is 32.4. The Hall–Kier alpha value is -1.60. The minimum atomic E-state index is -3.90. The van der Waals surface area contributed by atoms with Gasteiger partial charge in [0, 0.05) is 0 Å². The molecule has 0 aromatic heterocycles. The van der Waals surface area contributed by atoms with E-state index in [-0.39, 0.29) is 11.3 Å². The van der Waals surface area contributed by atoms with E-state index in [9.17, 15) is 13.2 Å². The quantitative estimate of drug-likeness (QED) is 0.763. The van der Waals surface area contributed by atoms with Crippen LogP contribution in [0, 0.1) is 13.8 Å². The van der Waals surface area contributed by atoms with Crippen molar-refractivity contribution in [2.24, 2.45) is 0 Å². The molecule has 0 heterocycles. The van der Waals surface area contributed by atoms with E-state index in [1.54, 1.807) is 19.9 Å². The highest BCUT2D eigenvalue weighted by molar-refractivity contribution is 7.89. The summed E-state index contributed by atoms with van der Waals surface area (Å²) in [6.45, 7) is 5.36. The topological polar surface area (TPSA) is 92.7 Å². The van der Waals surface area contributed by atoms with E-state index in [4.69, 9.17) is 9.84 Å². The molecule has 6 nitrogen and oxygen atoms in total. The predicted octanol–water partition coefficient (Wildman–Crippen LogP) is 2.23. The van der Waals surface area contributed by atoms with Gasteiger partial charge in [0.2, 0.25) is 10.0 Å². The molecular weight excluding hydrogens is 306 g/mol. The van der Waals surface area contributed by atoms with Gasteiger partial charge in [0.05, 0.1) is 12.0 Å². The number of ether oxygens (including phenoxy) is 1. The van der Waals surface area contributed by atoms with Crippen molar-refractivity contribution in [1.29, 1.82) is 0 Å². The van der Waals surface area contributed by atoms with Crippen molar-refractivity contribution in [2.75, 3.05) is 7.11 Å². The molecule has 0 unspecified atom stereocenters. The zero-order valence-electron chi connectivity index (χ0n) is 13.3. The van der Waals surface area contributed by atoms with E-state index in [2.05, 4.69) is 4.72 Å². The number of carboxylic acids is 1. The molecule has 1 aromatic rings. The summed E-state index contributed by atoms with van der Waals surface area (Å²) in [7, 11) is -2.39. The zero-order chi connectivity index (χ0) is 16.9. The van der Waals surface area contributed by atoms with Gasteiger partial charge >= 0.3 is 5.97 Å². The van der Waals surface area contributed by atoms with Gasteiger partial charge in [-0.3, -0.25) is 4.79 Å². The van der Waals surface area contributed by atoms with E-state index < -0.39 is 22.0 Å². The Morgan fingerprint density at radius 1 is 1.32 bits per heavy atom. The number of aliphatic carboxylic acids is 1. The molecule has 1 aromatic carbocycles. The van der Waals surface area contributed by atoms with Crippen LogP contribution in [0.4, 0.5) is 0 Å². The molecule has 0 aliphatic heterocycles. The zero-order valence-corrected chi connectivity index (χ0v) is 14.2. The Labute approximate surface area is 131 Å². The lowest BCUT2D eigenvalue weighted by Gasteiger charge is -2.17. The van der Waals surface area contributed by atoms with Crippen LogP contribution in [0.2, 0.25) is 0 Å². The highest BCUT2D eigenvalue weighted by atomic mass is 32.2. The number of rotatable bonds is 8. The fourth-order valence-corrected chi connectivity index (χ4v) is 3.70. The van der Waals surface area contributed by atoms with Gasteiger partial charge in [0.15, 0.2) is 0 Å². The predicted molar refractivity (Wildman–Crippen MR) is 83.7 cm³/mol. The Kier molecular flexibility index (Phi) is 6.37. The highest BCUT2D eigenvalue weighted by Crippen LogP contribution is 2.27. The number of benzene rings is 1. The monoisotopic (exact) mass is 329 g/mol. The largest absolute Gasteiger partial charge is 0.496 e. The number of hydrogen-bond acceptors (Lipinski definition) is 4. The van der Waals surface area contributed by atoms with E-state index >= 15 is 0 Å². The average molecular weight is 329 g/mol. The van der Waals surface area contributed by atoms with E-state index in [1.165, 1.54) is 13.2 Å². The van der Waals surface area contributed by atoms with Crippen molar-refractivity contribution in [3.05, 3.63) is 23.3 Å². The summed E-state index contributed by atoms with van der Waals surface area (Å²) in [5.74, 6) is -0.572. The van der Waals surface area contributed by atoms with Gasteiger partial charge in [-0.15, -0.1) is 0 Å². The maximum absolute atomic E-state index is 12.5. The first kappa shape index (κ1) is 18.4. The summed E-state index contributed by atoms with van der Waals surface area (Å²) >= 11 is 0. The van der Waals surface area contributed by atoms with Crippen LogP contribution in [-0.2, 0) is 14.8 Å². The molecule has 0 aliphatic carbocycles. The van der Waals surface area contributed by atoms with E-state index in [0.29, 0.717) is 23.3 Å². The number of methoxy groups -OCH3 is 1. The van der Waals surface area contributed by atoms with Crippen molar-refractivity contribution in [3.63, 3.8) is 0 Å². The summed E-state index contributed by atoms with van der Waals surface area (Å²) in [6.07, 6.45) is 1.70. The third kappa shape index (κ3) is 4.20. The summed E-state index contributed by atoms with van der Waals surface area (Å²) in [4.78, 5) is 11.3.